The molecule has 39 heavy (non-hydrogen) atoms. The Bertz CT molecular complexity index is 1550. The maximum Gasteiger partial charge on any atom is 0.416 e. The fourth-order valence-electron chi connectivity index (χ4n) is 4.08. The molecule has 0 spiro atoms. The number of carbonyl (C=O) groups excluding carboxylic acids is 2. The van der Waals surface area contributed by atoms with Crippen LogP contribution in [-0.2, 0) is 10.9 Å². The SMILES string of the molecule is O=C(Nc1cccc(C(F)(F)F)c1)Nc1ccc(F)c(C(=O)c2ccc3ncc(C4CNCCO4)nc3c2)c1. The van der Waals surface area contributed by atoms with Crippen molar-refractivity contribution in [1.29, 1.82) is 0 Å². The first kappa shape index (κ1) is 26.2. The van der Waals surface area contributed by atoms with Gasteiger partial charge in [0.25, 0.3) is 0 Å². The van der Waals surface area contributed by atoms with Crippen molar-refractivity contribution < 1.29 is 31.9 Å². The quantitative estimate of drug-likeness (QED) is 0.234. The maximum absolute atomic E-state index is 14.7. The average molecular weight is 539 g/mol. The number of urea groups is 1. The molecule has 0 bridgehead atoms. The number of hydrogen-bond acceptors (Lipinski definition) is 6. The first-order chi connectivity index (χ1) is 18.7. The van der Waals surface area contributed by atoms with Gasteiger partial charge in [-0.3, -0.25) is 9.78 Å². The number of alkyl halides is 3. The van der Waals surface area contributed by atoms with E-state index in [9.17, 15) is 27.2 Å². The van der Waals surface area contributed by atoms with Crippen molar-refractivity contribution in [1.82, 2.24) is 15.3 Å². The van der Waals surface area contributed by atoms with Crippen LogP contribution in [0.4, 0.5) is 33.7 Å². The second kappa shape index (κ2) is 10.8. The zero-order chi connectivity index (χ0) is 27.6. The van der Waals surface area contributed by atoms with Gasteiger partial charge in [-0.05, 0) is 54.6 Å². The molecule has 200 valence electrons. The minimum Gasteiger partial charge on any atom is -0.369 e. The van der Waals surface area contributed by atoms with Gasteiger partial charge in [0.2, 0.25) is 0 Å². The molecule has 8 nitrogen and oxygen atoms in total. The van der Waals surface area contributed by atoms with E-state index in [0.717, 1.165) is 36.9 Å². The molecule has 0 radical (unpaired) electrons. The molecule has 1 atom stereocenters. The van der Waals surface area contributed by atoms with E-state index in [1.54, 1.807) is 12.3 Å². The monoisotopic (exact) mass is 539 g/mol. The molecule has 5 rings (SSSR count). The number of morpholine rings is 1. The molecule has 1 unspecified atom stereocenters. The molecule has 2 amide bonds. The van der Waals surface area contributed by atoms with E-state index in [0.29, 0.717) is 29.9 Å². The summed E-state index contributed by atoms with van der Waals surface area (Å²) in [5.41, 5.74) is 0.467. The summed E-state index contributed by atoms with van der Waals surface area (Å²) in [5, 5.41) is 7.91. The molecular weight excluding hydrogens is 518 g/mol. The number of aromatic nitrogens is 2. The van der Waals surface area contributed by atoms with Crippen LogP contribution in [-0.4, -0.2) is 41.5 Å². The van der Waals surface area contributed by atoms with Crippen LogP contribution < -0.4 is 16.0 Å². The second-order valence-electron chi connectivity index (χ2n) is 8.74. The number of benzene rings is 3. The van der Waals surface area contributed by atoms with Crippen molar-refractivity contribution in [3.05, 3.63) is 95.1 Å². The summed E-state index contributed by atoms with van der Waals surface area (Å²) in [6.45, 7) is 1.85. The van der Waals surface area contributed by atoms with Gasteiger partial charge in [0.1, 0.15) is 11.9 Å². The highest BCUT2D eigenvalue weighted by Gasteiger charge is 2.30. The number of ether oxygens (including phenoxy) is 1. The van der Waals surface area contributed by atoms with Crippen molar-refractivity contribution in [2.75, 3.05) is 30.3 Å². The number of amides is 2. The van der Waals surface area contributed by atoms with Crippen LogP contribution in [0.1, 0.15) is 33.3 Å². The first-order valence-corrected chi connectivity index (χ1v) is 11.9. The average Bonchev–Trinajstić information content (AvgIpc) is 2.93. The lowest BCUT2D eigenvalue weighted by Crippen LogP contribution is -2.33. The van der Waals surface area contributed by atoms with Crippen LogP contribution in [0, 0.1) is 5.82 Å². The van der Waals surface area contributed by atoms with Crippen molar-refractivity contribution in [3.8, 4) is 0 Å². The highest BCUT2D eigenvalue weighted by Crippen LogP contribution is 2.31. The Hall–Kier alpha value is -4.42. The zero-order valence-electron chi connectivity index (χ0n) is 20.2. The Balaban J connectivity index is 1.34. The molecule has 1 fully saturated rings. The molecule has 12 heteroatoms. The van der Waals surface area contributed by atoms with Crippen LogP contribution in [0.2, 0.25) is 0 Å². The van der Waals surface area contributed by atoms with E-state index in [2.05, 4.69) is 25.9 Å². The molecule has 1 aliphatic rings. The van der Waals surface area contributed by atoms with Crippen molar-refractivity contribution in [2.45, 2.75) is 12.3 Å². The van der Waals surface area contributed by atoms with Gasteiger partial charge < -0.3 is 20.7 Å². The normalized spacial score (nSPS) is 15.6. The number of anilines is 2. The number of halogens is 4. The summed E-state index contributed by atoms with van der Waals surface area (Å²) in [6.07, 6.45) is -3.24. The molecule has 4 aromatic rings. The summed E-state index contributed by atoms with van der Waals surface area (Å²) in [7, 11) is 0. The number of ketones is 1. The third-order valence-electron chi connectivity index (χ3n) is 6.00. The largest absolute Gasteiger partial charge is 0.416 e. The van der Waals surface area contributed by atoms with Crippen LogP contribution in [0.15, 0.2) is 66.9 Å². The Morgan fingerprint density at radius 3 is 2.51 bits per heavy atom. The summed E-state index contributed by atoms with van der Waals surface area (Å²) in [5.74, 6) is -1.47. The van der Waals surface area contributed by atoms with Crippen LogP contribution in [0.5, 0.6) is 0 Å². The third-order valence-corrected chi connectivity index (χ3v) is 6.00. The van der Waals surface area contributed by atoms with E-state index in [-0.39, 0.29) is 28.6 Å². The van der Waals surface area contributed by atoms with Gasteiger partial charge in [-0.15, -0.1) is 0 Å². The molecule has 0 aliphatic carbocycles. The topological polar surface area (TPSA) is 105 Å². The predicted octanol–water partition coefficient (Wildman–Crippen LogP) is 5.32. The van der Waals surface area contributed by atoms with E-state index >= 15 is 0 Å². The zero-order valence-corrected chi connectivity index (χ0v) is 20.2. The van der Waals surface area contributed by atoms with Gasteiger partial charge >= 0.3 is 12.2 Å². The maximum atomic E-state index is 14.7. The lowest BCUT2D eigenvalue weighted by molar-refractivity contribution is -0.137. The van der Waals surface area contributed by atoms with E-state index in [1.807, 2.05) is 0 Å². The van der Waals surface area contributed by atoms with Crippen LogP contribution in [0.25, 0.3) is 11.0 Å². The molecule has 1 aromatic heterocycles. The number of hydrogen-bond donors (Lipinski definition) is 3. The third kappa shape index (κ3) is 6.02. The Labute approximate surface area is 219 Å². The standard InChI is InChI=1S/C27H21F4N5O3/c28-20-6-5-18(35-26(38)34-17-3-1-2-16(11-17)27(29,30)31)12-19(20)25(37)15-4-7-21-22(10-15)36-23(13-33-21)24-14-32-8-9-39-24/h1-7,10-13,24,32H,8-9,14H2,(H2,34,35,38). The van der Waals surface area contributed by atoms with Crippen molar-refractivity contribution >= 4 is 34.2 Å². The molecule has 3 aromatic carbocycles. The fourth-order valence-corrected chi connectivity index (χ4v) is 4.08. The van der Waals surface area contributed by atoms with Crippen molar-refractivity contribution in [2.24, 2.45) is 0 Å². The number of fused-ring (bicyclic) bond motifs is 1. The number of nitrogens with one attached hydrogen (secondary N) is 3. The van der Waals surface area contributed by atoms with Gasteiger partial charge in [-0.1, -0.05) is 6.07 Å². The van der Waals surface area contributed by atoms with Gasteiger partial charge in [0, 0.05) is 30.0 Å². The fraction of sp³-hybridized carbons (Fsp3) is 0.185. The minimum absolute atomic E-state index is 0.0639. The smallest absolute Gasteiger partial charge is 0.369 e. The summed E-state index contributed by atoms with van der Waals surface area (Å²) < 4.78 is 59.2. The first-order valence-electron chi connectivity index (χ1n) is 11.9. The van der Waals surface area contributed by atoms with E-state index in [1.165, 1.54) is 24.3 Å². The number of nitrogens with zero attached hydrogens (tertiary/aromatic N) is 2. The molecule has 0 saturated carbocycles. The molecule has 1 saturated heterocycles. The summed E-state index contributed by atoms with van der Waals surface area (Å²) in [6, 6.07) is 11.2. The number of carbonyl (C=O) groups is 2. The highest BCUT2D eigenvalue weighted by atomic mass is 19.4. The van der Waals surface area contributed by atoms with Gasteiger partial charge in [0.05, 0.1) is 40.7 Å². The Kier molecular flexibility index (Phi) is 7.22. The lowest BCUT2D eigenvalue weighted by atomic mass is 10.0. The van der Waals surface area contributed by atoms with Crippen molar-refractivity contribution in [3.63, 3.8) is 0 Å². The molecule has 3 N–H and O–H groups in total. The van der Waals surface area contributed by atoms with Gasteiger partial charge in [0.15, 0.2) is 5.78 Å². The molecule has 2 heterocycles. The van der Waals surface area contributed by atoms with E-state index in [4.69, 9.17) is 4.74 Å². The van der Waals surface area contributed by atoms with E-state index < -0.39 is 29.4 Å². The molecular formula is C27H21F4N5O3. The van der Waals surface area contributed by atoms with Gasteiger partial charge in [-0.2, -0.15) is 13.2 Å². The van der Waals surface area contributed by atoms with Gasteiger partial charge in [-0.25, -0.2) is 14.2 Å². The Morgan fingerprint density at radius 2 is 1.77 bits per heavy atom. The van der Waals surface area contributed by atoms with Crippen LogP contribution in [0.3, 0.4) is 0 Å². The molecule has 1 aliphatic heterocycles. The summed E-state index contributed by atoms with van der Waals surface area (Å²) in [4.78, 5) is 34.5. The van der Waals surface area contributed by atoms with Crippen LogP contribution >= 0.6 is 0 Å². The predicted molar refractivity (Wildman–Crippen MR) is 135 cm³/mol. The Morgan fingerprint density at radius 1 is 0.974 bits per heavy atom. The number of rotatable bonds is 5. The minimum atomic E-state index is -4.57. The second-order valence-corrected chi connectivity index (χ2v) is 8.74. The lowest BCUT2D eigenvalue weighted by Gasteiger charge is -2.22. The highest BCUT2D eigenvalue weighted by molar-refractivity contribution is 6.11. The summed E-state index contributed by atoms with van der Waals surface area (Å²) >= 11 is 0.